The topological polar surface area (TPSA) is 84.9 Å². The maximum absolute atomic E-state index is 12.7. The molecule has 1 saturated heterocycles. The Bertz CT molecular complexity index is 940. The van der Waals surface area contributed by atoms with Gasteiger partial charge in [-0.2, -0.15) is 4.31 Å². The van der Waals surface area contributed by atoms with E-state index in [9.17, 15) is 13.2 Å². The summed E-state index contributed by atoms with van der Waals surface area (Å²) in [5.41, 5.74) is 0. The predicted octanol–water partition coefficient (Wildman–Crippen LogP) is 2.94. The van der Waals surface area contributed by atoms with Crippen LogP contribution < -0.4 is 14.8 Å². The lowest BCUT2D eigenvalue weighted by Crippen LogP contribution is -2.43. The van der Waals surface area contributed by atoms with Crippen molar-refractivity contribution in [3.05, 3.63) is 53.6 Å². The minimum atomic E-state index is -3.57. The first-order chi connectivity index (χ1) is 14.4. The second kappa shape index (κ2) is 10.1. The van der Waals surface area contributed by atoms with Gasteiger partial charge in [-0.15, -0.1) is 0 Å². The average Bonchev–Trinajstić information content (AvgIpc) is 2.77. The van der Waals surface area contributed by atoms with Crippen molar-refractivity contribution in [2.75, 3.05) is 33.4 Å². The molecule has 1 aliphatic heterocycles. The highest BCUT2D eigenvalue weighted by molar-refractivity contribution is 7.89. The molecule has 1 amide bonds. The van der Waals surface area contributed by atoms with Gasteiger partial charge in [0.05, 0.1) is 18.6 Å². The molecule has 2 aromatic rings. The number of halogens is 1. The molecule has 1 aliphatic rings. The van der Waals surface area contributed by atoms with Crippen molar-refractivity contribution in [2.24, 2.45) is 5.92 Å². The molecule has 9 heteroatoms. The number of carbonyl (C=O) groups excluding carboxylic acids is 1. The fourth-order valence-electron chi connectivity index (χ4n) is 3.27. The molecule has 0 bridgehead atoms. The molecule has 0 unspecified atom stereocenters. The number of nitrogens with zero attached hydrogens (tertiary/aromatic N) is 1. The number of hydrogen-bond acceptors (Lipinski definition) is 5. The van der Waals surface area contributed by atoms with E-state index in [1.54, 1.807) is 43.5 Å². The molecule has 0 aliphatic carbocycles. The number of benzene rings is 2. The Morgan fingerprint density at radius 2 is 1.67 bits per heavy atom. The number of ether oxygens (including phenoxy) is 2. The third-order valence-corrected chi connectivity index (χ3v) is 7.17. The van der Waals surface area contributed by atoms with Gasteiger partial charge in [0, 0.05) is 24.0 Å². The second-order valence-corrected chi connectivity index (χ2v) is 9.32. The Morgan fingerprint density at radius 3 is 2.27 bits per heavy atom. The molecule has 162 valence electrons. The van der Waals surface area contributed by atoms with Crippen LogP contribution in [0.3, 0.4) is 0 Å². The number of methoxy groups -OCH3 is 1. The number of hydrogen-bond donors (Lipinski definition) is 1. The first-order valence-corrected chi connectivity index (χ1v) is 11.5. The van der Waals surface area contributed by atoms with Crippen LogP contribution in [0.5, 0.6) is 11.5 Å². The Labute approximate surface area is 182 Å². The largest absolute Gasteiger partial charge is 0.497 e. The zero-order valence-electron chi connectivity index (χ0n) is 16.7. The van der Waals surface area contributed by atoms with E-state index in [1.165, 1.54) is 16.4 Å². The molecule has 0 radical (unpaired) electrons. The van der Waals surface area contributed by atoms with Crippen molar-refractivity contribution in [3.8, 4) is 11.5 Å². The maximum Gasteiger partial charge on any atom is 0.243 e. The zero-order chi connectivity index (χ0) is 21.6. The van der Waals surface area contributed by atoms with Gasteiger partial charge in [0.1, 0.15) is 18.1 Å². The van der Waals surface area contributed by atoms with Crippen LogP contribution >= 0.6 is 11.6 Å². The molecule has 0 spiro atoms. The lowest BCUT2D eigenvalue weighted by atomic mass is 9.97. The summed E-state index contributed by atoms with van der Waals surface area (Å²) < 4.78 is 37.5. The molecule has 0 atom stereocenters. The molecular weight excluding hydrogens is 428 g/mol. The minimum Gasteiger partial charge on any atom is -0.497 e. The second-order valence-electron chi connectivity index (χ2n) is 6.95. The summed E-state index contributed by atoms with van der Waals surface area (Å²) in [6.07, 6.45) is 0.968. The first-order valence-electron chi connectivity index (χ1n) is 9.70. The number of piperidine rings is 1. The standard InChI is InChI=1S/C21H25ClN2O5S/c1-28-18-4-6-19(7-5-18)29-15-12-23-21(25)16-10-13-24(14-11-16)30(26,27)20-8-2-17(22)3-9-20/h2-9,16H,10-15H2,1H3,(H,23,25). The van der Waals surface area contributed by atoms with Crippen LogP contribution in [0.2, 0.25) is 5.02 Å². The van der Waals surface area contributed by atoms with Gasteiger partial charge >= 0.3 is 0 Å². The van der Waals surface area contributed by atoms with Gasteiger partial charge in [-0.1, -0.05) is 11.6 Å². The van der Waals surface area contributed by atoms with Crippen LogP contribution in [-0.2, 0) is 14.8 Å². The third kappa shape index (κ3) is 5.65. The molecule has 0 aromatic heterocycles. The Kier molecular flexibility index (Phi) is 7.58. The number of sulfonamides is 1. The lowest BCUT2D eigenvalue weighted by Gasteiger charge is -2.30. The number of rotatable bonds is 8. The first kappa shape index (κ1) is 22.4. The summed E-state index contributed by atoms with van der Waals surface area (Å²) in [6.45, 7) is 1.35. The van der Waals surface area contributed by atoms with Gasteiger partial charge in [-0.25, -0.2) is 8.42 Å². The van der Waals surface area contributed by atoms with Crippen molar-refractivity contribution in [2.45, 2.75) is 17.7 Å². The van der Waals surface area contributed by atoms with Crippen LogP contribution in [0.15, 0.2) is 53.4 Å². The Balaban J connectivity index is 1.42. The summed E-state index contributed by atoms with van der Waals surface area (Å²) in [6, 6.07) is 13.3. The van der Waals surface area contributed by atoms with Gasteiger partial charge in [-0.05, 0) is 61.4 Å². The van der Waals surface area contributed by atoms with Crippen molar-refractivity contribution in [1.82, 2.24) is 9.62 Å². The van der Waals surface area contributed by atoms with Gasteiger partial charge in [0.15, 0.2) is 0 Å². The van der Waals surface area contributed by atoms with E-state index in [4.69, 9.17) is 21.1 Å². The van der Waals surface area contributed by atoms with E-state index in [2.05, 4.69) is 5.32 Å². The van der Waals surface area contributed by atoms with E-state index in [0.717, 1.165) is 5.75 Å². The third-order valence-electron chi connectivity index (χ3n) is 5.01. The molecule has 1 heterocycles. The van der Waals surface area contributed by atoms with Crippen molar-refractivity contribution < 1.29 is 22.7 Å². The van der Waals surface area contributed by atoms with E-state index >= 15 is 0 Å². The van der Waals surface area contributed by atoms with E-state index < -0.39 is 10.0 Å². The molecule has 7 nitrogen and oxygen atoms in total. The van der Waals surface area contributed by atoms with Crippen LogP contribution in [0.25, 0.3) is 0 Å². The van der Waals surface area contributed by atoms with Gasteiger partial charge in [-0.3, -0.25) is 4.79 Å². The smallest absolute Gasteiger partial charge is 0.243 e. The summed E-state index contributed by atoms with van der Waals surface area (Å²) in [5, 5.41) is 3.35. The van der Waals surface area contributed by atoms with E-state index in [0.29, 0.717) is 49.9 Å². The molecule has 0 saturated carbocycles. The quantitative estimate of drug-likeness (QED) is 0.622. The highest BCUT2D eigenvalue weighted by atomic mass is 35.5. The van der Waals surface area contributed by atoms with Crippen molar-refractivity contribution in [3.63, 3.8) is 0 Å². The van der Waals surface area contributed by atoms with Crippen LogP contribution in [0.1, 0.15) is 12.8 Å². The number of amides is 1. The van der Waals surface area contributed by atoms with Gasteiger partial charge < -0.3 is 14.8 Å². The van der Waals surface area contributed by atoms with Crippen LogP contribution in [-0.4, -0.2) is 52.0 Å². The molecule has 1 fully saturated rings. The Morgan fingerprint density at radius 1 is 1.07 bits per heavy atom. The SMILES string of the molecule is COc1ccc(OCCNC(=O)C2CCN(S(=O)(=O)c3ccc(Cl)cc3)CC2)cc1. The zero-order valence-corrected chi connectivity index (χ0v) is 18.3. The van der Waals surface area contributed by atoms with Crippen LogP contribution in [0.4, 0.5) is 0 Å². The Hall–Kier alpha value is -2.29. The summed E-state index contributed by atoms with van der Waals surface area (Å²) in [4.78, 5) is 12.6. The molecule has 3 rings (SSSR count). The van der Waals surface area contributed by atoms with Crippen molar-refractivity contribution >= 4 is 27.5 Å². The average molecular weight is 453 g/mol. The monoisotopic (exact) mass is 452 g/mol. The lowest BCUT2D eigenvalue weighted by molar-refractivity contribution is -0.126. The highest BCUT2D eigenvalue weighted by Gasteiger charge is 2.31. The predicted molar refractivity (Wildman–Crippen MR) is 114 cm³/mol. The van der Waals surface area contributed by atoms with Crippen LogP contribution in [0, 0.1) is 5.92 Å². The molecule has 2 aromatic carbocycles. The number of carbonyl (C=O) groups is 1. The van der Waals surface area contributed by atoms with E-state index in [1.807, 2.05) is 0 Å². The summed E-state index contributed by atoms with van der Waals surface area (Å²) in [7, 11) is -1.97. The maximum atomic E-state index is 12.7. The normalized spacial score (nSPS) is 15.5. The minimum absolute atomic E-state index is 0.0723. The summed E-state index contributed by atoms with van der Waals surface area (Å²) >= 11 is 5.83. The fourth-order valence-corrected chi connectivity index (χ4v) is 4.87. The molecule has 1 N–H and O–H groups in total. The summed E-state index contributed by atoms with van der Waals surface area (Å²) in [5.74, 6) is 1.17. The molecule has 30 heavy (non-hydrogen) atoms. The fraction of sp³-hybridized carbons (Fsp3) is 0.381. The number of nitrogens with one attached hydrogen (secondary N) is 1. The van der Waals surface area contributed by atoms with Crippen molar-refractivity contribution in [1.29, 1.82) is 0 Å². The molecular formula is C21H25ClN2O5S. The highest BCUT2D eigenvalue weighted by Crippen LogP contribution is 2.25. The van der Waals surface area contributed by atoms with Gasteiger partial charge in [0.2, 0.25) is 15.9 Å². The van der Waals surface area contributed by atoms with Gasteiger partial charge in [0.25, 0.3) is 0 Å². The van der Waals surface area contributed by atoms with E-state index in [-0.39, 0.29) is 16.7 Å².